The molecule has 3 N–H and O–H groups in total. The highest BCUT2D eigenvalue weighted by molar-refractivity contribution is 5.98. The summed E-state index contributed by atoms with van der Waals surface area (Å²) in [4.78, 5) is 27.5. The Bertz CT molecular complexity index is 722. The van der Waals surface area contributed by atoms with E-state index in [9.17, 15) is 9.59 Å². The highest BCUT2D eigenvalue weighted by Crippen LogP contribution is 2.20. The number of hydrogen-bond acceptors (Lipinski definition) is 3. The molecule has 0 spiro atoms. The zero-order valence-electron chi connectivity index (χ0n) is 12.2. The van der Waals surface area contributed by atoms with Crippen LogP contribution in [0.25, 0.3) is 0 Å². The van der Waals surface area contributed by atoms with Crippen molar-refractivity contribution in [2.45, 2.75) is 13.0 Å². The number of amides is 3. The predicted molar refractivity (Wildman–Crippen MR) is 81.5 cm³/mol. The molecule has 0 radical (unpaired) electrons. The fraction of sp³-hybridized carbons (Fsp3) is 0.267. The number of carbonyl (C=O) groups excluding carboxylic acids is 2. The summed E-state index contributed by atoms with van der Waals surface area (Å²) in [5.74, 6) is -0.155. The van der Waals surface area contributed by atoms with Gasteiger partial charge in [-0.3, -0.25) is 4.79 Å². The maximum Gasteiger partial charge on any atom is 0.319 e. The molecule has 1 aromatic heterocycles. The Kier molecular flexibility index (Phi) is 3.78. The number of imidazole rings is 1. The largest absolute Gasteiger partial charge is 0.352 e. The summed E-state index contributed by atoms with van der Waals surface area (Å²) in [5.41, 5.74) is 3.24. The molecule has 0 unspecified atom stereocenters. The Morgan fingerprint density at radius 2 is 2.32 bits per heavy atom. The van der Waals surface area contributed by atoms with Gasteiger partial charge < -0.3 is 20.5 Å². The molecule has 0 aliphatic carbocycles. The van der Waals surface area contributed by atoms with Crippen molar-refractivity contribution in [1.82, 2.24) is 20.2 Å². The average Bonchev–Trinajstić information content (AvgIpc) is 2.91. The Morgan fingerprint density at radius 3 is 3.09 bits per heavy atom. The van der Waals surface area contributed by atoms with Crippen LogP contribution in [0.5, 0.6) is 0 Å². The van der Waals surface area contributed by atoms with Crippen LogP contribution < -0.4 is 16.0 Å². The molecule has 7 nitrogen and oxygen atoms in total. The maximum absolute atomic E-state index is 12.2. The van der Waals surface area contributed by atoms with Crippen LogP contribution in [0.4, 0.5) is 10.5 Å². The number of nitrogens with zero attached hydrogens (tertiary/aromatic N) is 2. The first-order chi connectivity index (χ1) is 10.6. The van der Waals surface area contributed by atoms with E-state index >= 15 is 0 Å². The van der Waals surface area contributed by atoms with Gasteiger partial charge in [0.1, 0.15) is 0 Å². The number of urea groups is 1. The Balaban J connectivity index is 1.61. The van der Waals surface area contributed by atoms with Gasteiger partial charge in [-0.25, -0.2) is 9.78 Å². The van der Waals surface area contributed by atoms with Crippen LogP contribution in [0.3, 0.4) is 0 Å². The molecule has 22 heavy (non-hydrogen) atoms. The van der Waals surface area contributed by atoms with E-state index in [0.29, 0.717) is 30.8 Å². The standard InChI is InChI=1S/C15H17N5O2/c1-20-9-16-8-12(20)4-5-17-14(21)10-2-3-11-7-18-15(22)19-13(11)6-10/h2-3,6,8-9H,4-5,7H2,1H3,(H,17,21)(H2,18,19,22). The van der Waals surface area contributed by atoms with Gasteiger partial charge in [-0.05, 0) is 17.7 Å². The number of benzene rings is 1. The first-order valence-corrected chi connectivity index (χ1v) is 7.04. The second kappa shape index (κ2) is 5.88. The van der Waals surface area contributed by atoms with Gasteiger partial charge in [0.25, 0.3) is 5.91 Å². The van der Waals surface area contributed by atoms with Gasteiger partial charge in [-0.1, -0.05) is 6.07 Å². The average molecular weight is 299 g/mol. The molecule has 0 atom stereocenters. The zero-order valence-corrected chi connectivity index (χ0v) is 12.2. The van der Waals surface area contributed by atoms with Crippen LogP contribution in [0.15, 0.2) is 30.7 Å². The number of aryl methyl sites for hydroxylation is 1. The summed E-state index contributed by atoms with van der Waals surface area (Å²) < 4.78 is 1.92. The fourth-order valence-electron chi connectivity index (χ4n) is 2.36. The lowest BCUT2D eigenvalue weighted by Crippen LogP contribution is -2.33. The summed E-state index contributed by atoms with van der Waals surface area (Å²) in [7, 11) is 1.92. The van der Waals surface area contributed by atoms with Gasteiger partial charge in [-0.15, -0.1) is 0 Å². The highest BCUT2D eigenvalue weighted by atomic mass is 16.2. The van der Waals surface area contributed by atoms with Gasteiger partial charge in [-0.2, -0.15) is 0 Å². The van der Waals surface area contributed by atoms with Crippen LogP contribution in [0.1, 0.15) is 21.6 Å². The molecule has 0 saturated carbocycles. The fourth-order valence-corrected chi connectivity index (χ4v) is 2.36. The number of hydrogen-bond donors (Lipinski definition) is 3. The molecule has 3 rings (SSSR count). The number of rotatable bonds is 4. The molecular formula is C15H17N5O2. The summed E-state index contributed by atoms with van der Waals surface area (Å²) in [6.07, 6.45) is 4.23. The van der Waals surface area contributed by atoms with E-state index in [1.807, 2.05) is 17.7 Å². The van der Waals surface area contributed by atoms with E-state index in [4.69, 9.17) is 0 Å². The lowest BCUT2D eigenvalue weighted by Gasteiger charge is -2.18. The minimum absolute atomic E-state index is 0.155. The van der Waals surface area contributed by atoms with Crippen molar-refractivity contribution in [3.8, 4) is 0 Å². The van der Waals surface area contributed by atoms with Crippen molar-refractivity contribution in [2.24, 2.45) is 7.05 Å². The van der Waals surface area contributed by atoms with Crippen molar-refractivity contribution in [3.05, 3.63) is 47.5 Å². The zero-order chi connectivity index (χ0) is 15.5. The number of carbonyl (C=O) groups is 2. The van der Waals surface area contributed by atoms with Gasteiger partial charge in [0.15, 0.2) is 0 Å². The van der Waals surface area contributed by atoms with Crippen LogP contribution >= 0.6 is 0 Å². The third-order valence-electron chi connectivity index (χ3n) is 3.64. The first-order valence-electron chi connectivity index (χ1n) is 7.04. The summed E-state index contributed by atoms with van der Waals surface area (Å²) >= 11 is 0. The second-order valence-corrected chi connectivity index (χ2v) is 5.18. The highest BCUT2D eigenvalue weighted by Gasteiger charge is 2.15. The van der Waals surface area contributed by atoms with E-state index in [1.54, 1.807) is 24.7 Å². The molecule has 1 aromatic carbocycles. The lowest BCUT2D eigenvalue weighted by atomic mass is 10.1. The molecule has 0 bridgehead atoms. The molecule has 1 aliphatic rings. The Morgan fingerprint density at radius 1 is 1.45 bits per heavy atom. The maximum atomic E-state index is 12.2. The molecule has 3 amide bonds. The quantitative estimate of drug-likeness (QED) is 0.788. The van der Waals surface area contributed by atoms with Gasteiger partial charge in [0.05, 0.1) is 6.33 Å². The molecule has 114 valence electrons. The first kappa shape index (κ1) is 14.1. The van der Waals surface area contributed by atoms with Gasteiger partial charge >= 0.3 is 6.03 Å². The molecule has 1 aliphatic heterocycles. The number of nitrogens with one attached hydrogen (secondary N) is 3. The van der Waals surface area contributed by atoms with Gasteiger partial charge in [0, 0.05) is 49.7 Å². The number of fused-ring (bicyclic) bond motifs is 1. The Hall–Kier alpha value is -2.83. The van der Waals surface area contributed by atoms with E-state index < -0.39 is 0 Å². The third kappa shape index (κ3) is 2.93. The smallest absolute Gasteiger partial charge is 0.319 e. The van der Waals surface area contributed by atoms with Gasteiger partial charge in [0.2, 0.25) is 0 Å². The number of aromatic nitrogens is 2. The van der Waals surface area contributed by atoms with E-state index in [-0.39, 0.29) is 11.9 Å². The topological polar surface area (TPSA) is 88.1 Å². The van der Waals surface area contributed by atoms with Crippen molar-refractivity contribution in [3.63, 3.8) is 0 Å². The minimum Gasteiger partial charge on any atom is -0.352 e. The second-order valence-electron chi connectivity index (χ2n) is 5.18. The van der Waals surface area contributed by atoms with E-state index in [1.165, 1.54) is 0 Å². The summed E-state index contributed by atoms with van der Waals surface area (Å²) in [5, 5.41) is 8.26. The predicted octanol–water partition coefficient (Wildman–Crippen LogP) is 1.03. The molecule has 2 heterocycles. The molecule has 0 fully saturated rings. The lowest BCUT2D eigenvalue weighted by molar-refractivity contribution is 0.0954. The Labute approximate surface area is 127 Å². The normalized spacial score (nSPS) is 13.0. The van der Waals surface area contributed by atoms with E-state index in [2.05, 4.69) is 20.9 Å². The molecule has 0 saturated heterocycles. The SMILES string of the molecule is Cn1cncc1CCNC(=O)c1ccc2c(c1)NC(=O)NC2. The van der Waals surface area contributed by atoms with Crippen molar-refractivity contribution in [1.29, 1.82) is 0 Å². The van der Waals surface area contributed by atoms with Crippen LogP contribution in [-0.2, 0) is 20.0 Å². The molecule has 7 heteroatoms. The minimum atomic E-state index is -0.249. The number of anilines is 1. The van der Waals surface area contributed by atoms with Crippen LogP contribution in [-0.4, -0.2) is 28.0 Å². The van der Waals surface area contributed by atoms with Crippen molar-refractivity contribution < 1.29 is 9.59 Å². The van der Waals surface area contributed by atoms with Crippen LogP contribution in [0, 0.1) is 0 Å². The summed E-state index contributed by atoms with van der Waals surface area (Å²) in [6, 6.07) is 5.06. The van der Waals surface area contributed by atoms with E-state index in [0.717, 1.165) is 11.3 Å². The van der Waals surface area contributed by atoms with Crippen molar-refractivity contribution >= 4 is 17.6 Å². The summed E-state index contributed by atoms with van der Waals surface area (Å²) in [6.45, 7) is 1.01. The third-order valence-corrected chi connectivity index (χ3v) is 3.64. The molecule has 2 aromatic rings. The van der Waals surface area contributed by atoms with Crippen LogP contribution in [0.2, 0.25) is 0 Å². The monoisotopic (exact) mass is 299 g/mol. The molecular weight excluding hydrogens is 282 g/mol. The van der Waals surface area contributed by atoms with Crippen molar-refractivity contribution in [2.75, 3.05) is 11.9 Å².